The van der Waals surface area contributed by atoms with Crippen molar-refractivity contribution in [3.05, 3.63) is 80.9 Å². The Bertz CT molecular complexity index is 1120. The fourth-order valence-corrected chi connectivity index (χ4v) is 2.78. The summed E-state index contributed by atoms with van der Waals surface area (Å²) in [5.41, 5.74) is 1.97. The molecule has 0 amide bonds. The Kier molecular flexibility index (Phi) is 4.26. The van der Waals surface area contributed by atoms with E-state index in [2.05, 4.69) is 36.3 Å². The number of aromatic nitrogens is 4. The lowest BCUT2D eigenvalue weighted by molar-refractivity contribution is 0.628. The summed E-state index contributed by atoms with van der Waals surface area (Å²) >= 11 is 3.39. The van der Waals surface area contributed by atoms with Crippen molar-refractivity contribution < 1.29 is 4.39 Å². The van der Waals surface area contributed by atoms with Gasteiger partial charge in [0.2, 0.25) is 5.78 Å². The molecule has 0 saturated carbocycles. The molecular formula is C18H13BrFN5O. The minimum Gasteiger partial charge on any atom is -0.379 e. The van der Waals surface area contributed by atoms with Gasteiger partial charge in [0.15, 0.2) is 5.82 Å². The Labute approximate surface area is 155 Å². The average molecular weight is 414 g/mol. The zero-order valence-corrected chi connectivity index (χ0v) is 15.0. The van der Waals surface area contributed by atoms with Crippen LogP contribution in [0.15, 0.2) is 63.9 Å². The van der Waals surface area contributed by atoms with Gasteiger partial charge in [0.1, 0.15) is 5.82 Å². The predicted octanol–water partition coefficient (Wildman–Crippen LogP) is 3.60. The molecule has 2 aromatic carbocycles. The van der Waals surface area contributed by atoms with Crippen LogP contribution < -0.4 is 10.9 Å². The topological polar surface area (TPSA) is 75.1 Å². The monoisotopic (exact) mass is 413 g/mol. The lowest BCUT2D eigenvalue weighted by Gasteiger charge is -2.06. The van der Waals surface area contributed by atoms with Gasteiger partial charge in [0.25, 0.3) is 5.56 Å². The van der Waals surface area contributed by atoms with Gasteiger partial charge in [-0.1, -0.05) is 15.9 Å². The molecule has 0 aliphatic carbocycles. The van der Waals surface area contributed by atoms with Gasteiger partial charge in [-0.15, -0.1) is 5.10 Å². The maximum Gasteiger partial charge on any atom is 0.275 e. The lowest BCUT2D eigenvalue weighted by Crippen LogP contribution is -2.17. The fraction of sp³-hybridized carbons (Fsp3) is 0.0556. The summed E-state index contributed by atoms with van der Waals surface area (Å²) in [6.07, 6.45) is 0. The van der Waals surface area contributed by atoms with Gasteiger partial charge < -0.3 is 10.3 Å². The average Bonchev–Trinajstić information content (AvgIpc) is 3.07. The summed E-state index contributed by atoms with van der Waals surface area (Å²) in [5, 5.41) is 7.43. The summed E-state index contributed by atoms with van der Waals surface area (Å²) in [6.45, 7) is 0.437. The van der Waals surface area contributed by atoms with Crippen molar-refractivity contribution in [3.63, 3.8) is 0 Å². The molecule has 0 aliphatic heterocycles. The molecule has 8 heteroatoms. The molecule has 0 atom stereocenters. The van der Waals surface area contributed by atoms with Gasteiger partial charge in [-0.3, -0.25) is 4.79 Å². The highest BCUT2D eigenvalue weighted by Crippen LogP contribution is 2.16. The van der Waals surface area contributed by atoms with Crippen molar-refractivity contribution in [2.45, 2.75) is 6.54 Å². The third-order valence-corrected chi connectivity index (χ3v) is 4.34. The van der Waals surface area contributed by atoms with Crippen molar-refractivity contribution in [1.82, 2.24) is 19.6 Å². The molecule has 2 aromatic heterocycles. The van der Waals surface area contributed by atoms with Crippen molar-refractivity contribution in [1.29, 1.82) is 0 Å². The van der Waals surface area contributed by atoms with Gasteiger partial charge in [-0.05, 0) is 48.5 Å². The van der Waals surface area contributed by atoms with E-state index in [1.54, 1.807) is 12.1 Å². The Morgan fingerprint density at radius 1 is 1.12 bits per heavy atom. The first-order valence-corrected chi connectivity index (χ1v) is 8.62. The molecule has 130 valence electrons. The molecule has 2 heterocycles. The Morgan fingerprint density at radius 2 is 1.85 bits per heavy atom. The van der Waals surface area contributed by atoms with Crippen molar-refractivity contribution in [2.24, 2.45) is 0 Å². The number of halogens is 2. The molecule has 4 aromatic rings. The SMILES string of the molecule is O=c1cc(CNc2ccc(Br)cc2)[nH]c2nc(-c3ccc(F)cc3)nn12. The molecule has 2 N–H and O–H groups in total. The van der Waals surface area contributed by atoms with Crippen molar-refractivity contribution >= 4 is 27.4 Å². The van der Waals surface area contributed by atoms with Crippen LogP contribution in [-0.4, -0.2) is 19.6 Å². The van der Waals surface area contributed by atoms with Crippen LogP contribution in [0.4, 0.5) is 10.1 Å². The molecule has 0 aliphatic rings. The highest BCUT2D eigenvalue weighted by Gasteiger charge is 2.10. The standard InChI is InChI=1S/C18H13BrFN5O/c19-12-3-7-14(8-4-12)21-10-15-9-16(26)25-18(22-15)23-17(24-25)11-1-5-13(20)6-2-11/h1-9,21H,10H2,(H,22,23,24). The van der Waals surface area contributed by atoms with Crippen LogP contribution in [0.2, 0.25) is 0 Å². The number of anilines is 1. The lowest BCUT2D eigenvalue weighted by atomic mass is 10.2. The van der Waals surface area contributed by atoms with Crippen LogP contribution >= 0.6 is 15.9 Å². The minimum atomic E-state index is -0.338. The molecule has 6 nitrogen and oxygen atoms in total. The summed E-state index contributed by atoms with van der Waals surface area (Å²) in [4.78, 5) is 19.7. The van der Waals surface area contributed by atoms with Crippen molar-refractivity contribution in [3.8, 4) is 11.4 Å². The van der Waals surface area contributed by atoms with Crippen molar-refractivity contribution in [2.75, 3.05) is 5.32 Å². The zero-order chi connectivity index (χ0) is 18.1. The van der Waals surface area contributed by atoms with E-state index in [1.807, 2.05) is 24.3 Å². The summed E-state index contributed by atoms with van der Waals surface area (Å²) in [7, 11) is 0. The van der Waals surface area contributed by atoms with E-state index in [1.165, 1.54) is 22.7 Å². The molecule has 4 rings (SSSR count). The molecular weight excluding hydrogens is 401 g/mol. The van der Waals surface area contributed by atoms with Crippen LogP contribution in [-0.2, 0) is 6.54 Å². The second kappa shape index (κ2) is 6.72. The first-order chi connectivity index (χ1) is 12.6. The highest BCUT2D eigenvalue weighted by atomic mass is 79.9. The number of rotatable bonds is 4. The number of H-pyrrole nitrogens is 1. The van der Waals surface area contributed by atoms with Crippen LogP contribution in [0.3, 0.4) is 0 Å². The van der Waals surface area contributed by atoms with E-state index < -0.39 is 0 Å². The molecule has 26 heavy (non-hydrogen) atoms. The summed E-state index contributed by atoms with van der Waals surface area (Å²) < 4.78 is 15.3. The van der Waals surface area contributed by atoms with E-state index in [-0.39, 0.29) is 11.4 Å². The van der Waals surface area contributed by atoms with E-state index in [0.29, 0.717) is 29.4 Å². The maximum absolute atomic E-state index is 13.1. The quantitative estimate of drug-likeness (QED) is 0.535. The van der Waals surface area contributed by atoms with E-state index in [0.717, 1.165) is 10.2 Å². The van der Waals surface area contributed by atoms with Gasteiger partial charge in [-0.2, -0.15) is 9.50 Å². The van der Waals surface area contributed by atoms with Crippen LogP contribution in [0.1, 0.15) is 5.69 Å². The van der Waals surface area contributed by atoms with Gasteiger partial charge in [-0.25, -0.2) is 4.39 Å². The van der Waals surface area contributed by atoms with Crippen LogP contribution in [0.5, 0.6) is 0 Å². The number of nitrogens with one attached hydrogen (secondary N) is 2. The van der Waals surface area contributed by atoms with E-state index >= 15 is 0 Å². The molecule has 0 unspecified atom stereocenters. The number of hydrogen-bond acceptors (Lipinski definition) is 4. The Hall–Kier alpha value is -3.00. The summed E-state index contributed by atoms with van der Waals surface area (Å²) in [5.74, 6) is 0.357. The maximum atomic E-state index is 13.1. The second-order valence-corrected chi connectivity index (χ2v) is 6.59. The van der Waals surface area contributed by atoms with Gasteiger partial charge in [0, 0.05) is 27.5 Å². The molecule has 0 bridgehead atoms. The third kappa shape index (κ3) is 3.36. The molecule has 0 radical (unpaired) electrons. The zero-order valence-electron chi connectivity index (χ0n) is 13.4. The smallest absolute Gasteiger partial charge is 0.275 e. The Balaban J connectivity index is 1.62. The van der Waals surface area contributed by atoms with E-state index in [4.69, 9.17) is 0 Å². The largest absolute Gasteiger partial charge is 0.379 e. The number of nitrogens with zero attached hydrogens (tertiary/aromatic N) is 3. The predicted molar refractivity (Wildman–Crippen MR) is 100 cm³/mol. The normalized spacial score (nSPS) is 11.0. The number of fused-ring (bicyclic) bond motifs is 1. The third-order valence-electron chi connectivity index (χ3n) is 3.82. The molecule has 0 fully saturated rings. The van der Waals surface area contributed by atoms with E-state index in [9.17, 15) is 9.18 Å². The second-order valence-electron chi connectivity index (χ2n) is 5.67. The van der Waals surface area contributed by atoms with Gasteiger partial charge >= 0.3 is 0 Å². The highest BCUT2D eigenvalue weighted by molar-refractivity contribution is 9.10. The Morgan fingerprint density at radius 3 is 2.58 bits per heavy atom. The number of aromatic amines is 1. The van der Waals surface area contributed by atoms with Gasteiger partial charge in [0.05, 0.1) is 6.54 Å². The fourth-order valence-electron chi connectivity index (χ4n) is 2.52. The molecule has 0 spiro atoms. The summed E-state index contributed by atoms with van der Waals surface area (Å²) in [6, 6.07) is 15.0. The number of hydrogen-bond donors (Lipinski definition) is 2. The number of benzene rings is 2. The minimum absolute atomic E-state index is 0.285. The molecule has 0 saturated heterocycles. The van der Waals surface area contributed by atoms with Crippen LogP contribution in [0, 0.1) is 5.82 Å². The van der Waals surface area contributed by atoms with Crippen LogP contribution in [0.25, 0.3) is 17.2 Å². The first-order valence-electron chi connectivity index (χ1n) is 7.83. The first kappa shape index (κ1) is 16.5.